The maximum atomic E-state index is 8.23. The van der Waals surface area contributed by atoms with Crippen LogP contribution in [0.5, 0.6) is 0 Å². The summed E-state index contributed by atoms with van der Waals surface area (Å²) in [4.78, 5) is 0. The van der Waals surface area contributed by atoms with Gasteiger partial charge in [-0.2, -0.15) is 0 Å². The van der Waals surface area contributed by atoms with Gasteiger partial charge >= 0.3 is 0 Å². The number of benzene rings is 4. The van der Waals surface area contributed by atoms with Gasteiger partial charge in [-0.15, -0.1) is 0 Å². The van der Waals surface area contributed by atoms with E-state index in [0.29, 0.717) is 50.1 Å². The van der Waals surface area contributed by atoms with E-state index < -0.39 is 78.9 Å². The molecule has 0 saturated heterocycles. The average molecular weight is 1000 g/mol. The maximum Gasteiger partial charge on any atom is 0.212 e. The third kappa shape index (κ3) is 14.8. The number of hydrogen-bond acceptors (Lipinski definition) is 0. The summed E-state index contributed by atoms with van der Waals surface area (Å²) in [7, 11) is 7.10. The molecule has 8 aromatic rings. The first-order chi connectivity index (χ1) is 45.8. The van der Waals surface area contributed by atoms with Gasteiger partial charge in [-0.05, 0) is 174 Å². The first kappa shape index (κ1) is 28.8. The fourth-order valence-corrected chi connectivity index (χ4v) is 8.37. The van der Waals surface area contributed by atoms with E-state index in [-0.39, 0.29) is 11.1 Å². The largest absolute Gasteiger partial charge is 0.212 e. The summed E-state index contributed by atoms with van der Waals surface area (Å²) in [5.41, 5.74) is 13.7. The second-order valence-electron chi connectivity index (χ2n) is 18.7. The molecule has 0 N–H and O–H groups in total. The molecule has 0 aliphatic rings. The topological polar surface area (TPSA) is 15.5 Å². The number of nitrogens with zero attached hydrogens (tertiary/aromatic N) is 4. The summed E-state index contributed by atoms with van der Waals surface area (Å²) >= 11 is 0. The van der Waals surface area contributed by atoms with E-state index in [9.17, 15) is 0 Å². The Bertz CT molecular complexity index is 4270. The molecule has 0 aliphatic heterocycles. The smallest absolute Gasteiger partial charge is 0.201 e. The molecule has 0 saturated carbocycles. The van der Waals surface area contributed by atoms with Gasteiger partial charge in [0.1, 0.15) is 28.2 Å². The van der Waals surface area contributed by atoms with Crippen LogP contribution in [0.25, 0.3) is 45.0 Å². The van der Waals surface area contributed by atoms with Gasteiger partial charge in [0, 0.05) is 109 Å². The molecule has 4 aromatic heterocycles. The number of aryl methyl sites for hydroxylation is 15. The Balaban J connectivity index is 0.000000245. The van der Waals surface area contributed by atoms with Gasteiger partial charge < -0.3 is 0 Å². The van der Waals surface area contributed by atoms with Crippen LogP contribution in [0.2, 0.25) is 0 Å². The molecule has 0 radical (unpaired) electrons. The molecule has 0 fully saturated rings. The van der Waals surface area contributed by atoms with E-state index in [1.165, 1.54) is 32.9 Å². The van der Waals surface area contributed by atoms with E-state index in [0.717, 1.165) is 61.7 Å². The molecular formula is C69H90N4+4. The van der Waals surface area contributed by atoms with Crippen LogP contribution in [0.1, 0.15) is 184 Å². The van der Waals surface area contributed by atoms with Crippen LogP contribution in [0.3, 0.4) is 0 Å². The van der Waals surface area contributed by atoms with Gasteiger partial charge in [0.15, 0.2) is 24.8 Å². The highest BCUT2D eigenvalue weighted by Crippen LogP contribution is 2.28. The van der Waals surface area contributed by atoms with Crippen LogP contribution < -0.4 is 18.3 Å². The highest BCUT2D eigenvalue weighted by atomic mass is 14.9. The Morgan fingerprint density at radius 2 is 0.767 bits per heavy atom. The Labute approximate surface area is 483 Å². The van der Waals surface area contributed by atoms with Crippen molar-refractivity contribution in [3.05, 3.63) is 212 Å². The summed E-state index contributed by atoms with van der Waals surface area (Å²) < 4.78 is 229. The van der Waals surface area contributed by atoms with Crippen LogP contribution in [-0.2, 0) is 34.6 Å². The normalized spacial score (nSPS) is 20.8. The zero-order chi connectivity index (χ0) is 78.6. The van der Waals surface area contributed by atoms with E-state index >= 15 is 0 Å². The molecule has 4 heteroatoms. The van der Waals surface area contributed by atoms with Crippen molar-refractivity contribution in [3.8, 4) is 45.0 Å². The van der Waals surface area contributed by atoms with Crippen LogP contribution >= 0.6 is 0 Å². The highest BCUT2D eigenvalue weighted by Gasteiger charge is 2.18. The van der Waals surface area contributed by atoms with Crippen molar-refractivity contribution in [2.24, 2.45) is 28.2 Å². The van der Waals surface area contributed by atoms with Crippen LogP contribution in [0, 0.1) is 68.9 Å². The lowest BCUT2D eigenvalue weighted by molar-refractivity contribution is -0.661. The first-order valence-electron chi connectivity index (χ1n) is 38.3. The van der Waals surface area contributed by atoms with Crippen molar-refractivity contribution in [1.82, 2.24) is 0 Å². The lowest BCUT2D eigenvalue weighted by Gasteiger charge is -2.11. The molecule has 4 heterocycles. The van der Waals surface area contributed by atoms with Gasteiger partial charge in [0.25, 0.3) is 0 Å². The summed E-state index contributed by atoms with van der Waals surface area (Å²) in [6.45, 7) is -3.72. The number of hydrogen-bond donors (Lipinski definition) is 0. The second-order valence-corrected chi connectivity index (χ2v) is 18.7. The SMILES string of the molecule is [2H]C([2H])([2H])C([2H])([2H])c1ccc(-c2ccc(C([2H])(C)C([2H])([2H])[2H])c[n+]2C)c(C)c1.[2H]C([2H])([2H])c1c[n+](C)c(-c2ccc(C([2H])(C)C([2H])([2H])[2H])cc2C)cc1C.[2H]C([2H])([2H])c1ccc(-c2cc(C)c(C([2H])([2H])[2H])c[n+]2C)c(C)c1.[2H]C([2H])([2H])c1ccc(-c2ccc(C([2H])(C)C([2H])([2H])[2H])c[n+]2C)c(C)c1. The van der Waals surface area contributed by atoms with Crippen LogP contribution in [0.15, 0.2) is 134 Å². The van der Waals surface area contributed by atoms with E-state index in [1.807, 2.05) is 32.9 Å². The summed E-state index contributed by atoms with van der Waals surface area (Å²) in [6, 6.07) is 30.2. The molecule has 382 valence electrons. The van der Waals surface area contributed by atoms with Gasteiger partial charge in [-0.1, -0.05) is 108 Å². The zero-order valence-electron chi connectivity index (χ0n) is 73.5. The summed E-state index contributed by atoms with van der Waals surface area (Å²) in [5.74, 6) is -5.15. The minimum absolute atomic E-state index is 0.0779. The standard InChI is InChI=1S/2C18H24N.C17H22N.C16H20N/c1-12(2)16-7-8-17(14(4)9-16)18-10-13(3)15(5)11-19(18)6;1-6-15-7-9-17(14(4)11-15)18-10-8-16(13(2)3)12-19(18)5;1-12(2)15-7-9-17(18(5)11-15)16-8-6-13(3)10-14(16)4;1-11-6-7-15(13(3)8-11)16-9-12(2)14(4)10-17(16)5/h7-12H,1-6H3;7-13H,6H2,1-5H3;6-12H,1-5H3;6-10H,1-5H3/q4*+1/i1D3,5D3,12D;1D3,2D3,6D2,13D;1D3,3D3,12D;1D3,4D3. The predicted octanol–water partition coefficient (Wildman–Crippen LogP) is 15.7. The molecule has 8 rings (SSSR count). The average Bonchev–Trinajstić information content (AvgIpc) is 0.785. The lowest BCUT2D eigenvalue weighted by atomic mass is 9.95. The Morgan fingerprint density at radius 3 is 1.15 bits per heavy atom. The van der Waals surface area contributed by atoms with Crippen molar-refractivity contribution in [2.45, 2.75) is 141 Å². The second kappa shape index (κ2) is 25.4. The predicted molar refractivity (Wildman–Crippen MR) is 311 cm³/mol. The third-order valence-electron chi connectivity index (χ3n) is 12.7. The van der Waals surface area contributed by atoms with Crippen molar-refractivity contribution in [2.75, 3.05) is 0 Å². The minimum atomic E-state index is -2.78. The Hall–Kier alpha value is -6.52. The molecule has 4 nitrogen and oxygen atoms in total. The molecule has 4 aromatic carbocycles. The van der Waals surface area contributed by atoms with Crippen molar-refractivity contribution in [3.63, 3.8) is 0 Å². The number of pyridine rings is 4. The van der Waals surface area contributed by atoms with Crippen LogP contribution in [0.4, 0.5) is 0 Å². The van der Waals surface area contributed by atoms with Crippen molar-refractivity contribution < 1.29 is 58.0 Å². The van der Waals surface area contributed by atoms with E-state index in [2.05, 4.69) is 0 Å². The van der Waals surface area contributed by atoms with Gasteiger partial charge in [0.05, 0.1) is 0 Å². The molecule has 0 bridgehead atoms. The van der Waals surface area contributed by atoms with Gasteiger partial charge in [-0.25, -0.2) is 18.3 Å². The number of aromatic nitrogens is 4. The highest BCUT2D eigenvalue weighted by molar-refractivity contribution is 5.65. The van der Waals surface area contributed by atoms with E-state index in [4.69, 9.17) is 39.8 Å². The van der Waals surface area contributed by atoms with Crippen LogP contribution in [-0.4, -0.2) is 0 Å². The number of rotatable bonds is 8. The molecule has 3 unspecified atom stereocenters. The molecule has 73 heavy (non-hydrogen) atoms. The lowest BCUT2D eigenvalue weighted by Crippen LogP contribution is -2.31. The molecule has 0 spiro atoms. The summed E-state index contributed by atoms with van der Waals surface area (Å²) in [6.07, 6.45) is 4.02. The van der Waals surface area contributed by atoms with E-state index in [1.54, 1.807) is 177 Å². The molecular weight excluding hydrogens is 885 g/mol. The fourth-order valence-electron chi connectivity index (χ4n) is 8.37. The monoisotopic (exact) mass is 1000 g/mol. The third-order valence-corrected chi connectivity index (χ3v) is 12.7. The zero-order valence-corrected chi connectivity index (χ0v) is 44.5. The maximum absolute atomic E-state index is 8.23. The minimum Gasteiger partial charge on any atom is -0.201 e. The molecule has 3 atom stereocenters. The fraction of sp³-hybridized carbons (Fsp3) is 0.362. The van der Waals surface area contributed by atoms with Gasteiger partial charge in [0.2, 0.25) is 22.8 Å². The van der Waals surface area contributed by atoms with Gasteiger partial charge in [-0.3, -0.25) is 0 Å². The first-order valence-corrected chi connectivity index (χ1v) is 23.8. The quantitative estimate of drug-likeness (QED) is 0.135. The summed E-state index contributed by atoms with van der Waals surface area (Å²) in [5, 5.41) is 0. The van der Waals surface area contributed by atoms with Crippen molar-refractivity contribution >= 4 is 0 Å². The Kier molecular flexibility index (Phi) is 10.0. The molecule has 0 amide bonds. The Morgan fingerprint density at radius 1 is 0.384 bits per heavy atom. The van der Waals surface area contributed by atoms with Crippen molar-refractivity contribution in [1.29, 1.82) is 0 Å². The molecule has 0 aliphatic carbocycles.